The standard InChI is InChI=1S/C8H10.4ClH.Ti/c1-2-8-6-4-3-5-7-8;;;;;/h3-7H,2H2,1H3;4*1H;. The number of halogens is 4. The van der Waals surface area contributed by atoms with Crippen LogP contribution in [0.15, 0.2) is 30.3 Å². The maximum absolute atomic E-state index is 2.16. The van der Waals surface area contributed by atoms with Gasteiger partial charge < -0.3 is 0 Å². The van der Waals surface area contributed by atoms with E-state index in [1.54, 1.807) is 0 Å². The molecule has 0 saturated carbocycles. The van der Waals surface area contributed by atoms with Crippen molar-refractivity contribution < 1.29 is 21.7 Å². The van der Waals surface area contributed by atoms with E-state index in [0.717, 1.165) is 6.42 Å². The Labute approximate surface area is 120 Å². The van der Waals surface area contributed by atoms with Gasteiger partial charge in [-0.25, -0.2) is 0 Å². The maximum atomic E-state index is 2.16. The van der Waals surface area contributed by atoms with Crippen LogP contribution in [0.4, 0.5) is 0 Å². The molecule has 0 nitrogen and oxygen atoms in total. The monoisotopic (exact) mass is 298 g/mol. The van der Waals surface area contributed by atoms with Crippen LogP contribution >= 0.6 is 49.6 Å². The molecule has 5 heteroatoms. The summed E-state index contributed by atoms with van der Waals surface area (Å²) < 4.78 is 0. The van der Waals surface area contributed by atoms with Crippen molar-refractivity contribution in [2.45, 2.75) is 13.3 Å². The number of benzene rings is 1. The van der Waals surface area contributed by atoms with Crippen molar-refractivity contribution in [1.82, 2.24) is 0 Å². The number of hydrogen-bond donors (Lipinski definition) is 0. The topological polar surface area (TPSA) is 0 Å². The van der Waals surface area contributed by atoms with Crippen LogP contribution in [0.1, 0.15) is 12.5 Å². The Morgan fingerprint density at radius 2 is 1.23 bits per heavy atom. The first-order chi connectivity index (χ1) is 3.93. The van der Waals surface area contributed by atoms with Crippen molar-refractivity contribution in [1.29, 1.82) is 0 Å². The van der Waals surface area contributed by atoms with Crippen LogP contribution in [-0.4, -0.2) is 0 Å². The van der Waals surface area contributed by atoms with Gasteiger partial charge in [0.05, 0.1) is 0 Å². The maximum Gasteiger partial charge on any atom is 0 e. The second-order valence-corrected chi connectivity index (χ2v) is 1.84. The van der Waals surface area contributed by atoms with E-state index in [-0.39, 0.29) is 71.3 Å². The minimum atomic E-state index is 0. The van der Waals surface area contributed by atoms with Gasteiger partial charge in [-0.1, -0.05) is 37.3 Å². The van der Waals surface area contributed by atoms with Gasteiger partial charge in [0.25, 0.3) is 0 Å². The van der Waals surface area contributed by atoms with Crippen LogP contribution in [0.2, 0.25) is 0 Å². The third kappa shape index (κ3) is 13.1. The molecule has 0 radical (unpaired) electrons. The van der Waals surface area contributed by atoms with Gasteiger partial charge in [0.15, 0.2) is 0 Å². The van der Waals surface area contributed by atoms with Gasteiger partial charge in [-0.2, -0.15) is 0 Å². The fourth-order valence-electron chi connectivity index (χ4n) is 0.714. The van der Waals surface area contributed by atoms with E-state index in [1.807, 2.05) is 6.07 Å². The molecule has 0 unspecified atom stereocenters. The van der Waals surface area contributed by atoms with Gasteiger partial charge in [-0.05, 0) is 12.0 Å². The van der Waals surface area contributed by atoms with Crippen LogP contribution in [0.5, 0.6) is 0 Å². The van der Waals surface area contributed by atoms with E-state index in [9.17, 15) is 0 Å². The second kappa shape index (κ2) is 18.8. The SMILES string of the molecule is CCc1ccccc1.Cl.Cl.Cl.Cl.[Ti]. The molecule has 0 aliphatic heterocycles. The summed E-state index contributed by atoms with van der Waals surface area (Å²) in [7, 11) is 0. The summed E-state index contributed by atoms with van der Waals surface area (Å²) in [5.41, 5.74) is 1.41. The smallest absolute Gasteiger partial charge is 0 e. The molecule has 0 bridgehead atoms. The first-order valence-electron chi connectivity index (χ1n) is 2.97. The van der Waals surface area contributed by atoms with Crippen LogP contribution < -0.4 is 0 Å². The summed E-state index contributed by atoms with van der Waals surface area (Å²) in [6.07, 6.45) is 1.14. The van der Waals surface area contributed by atoms with E-state index in [1.165, 1.54) is 5.56 Å². The van der Waals surface area contributed by atoms with Crippen LogP contribution in [0.3, 0.4) is 0 Å². The summed E-state index contributed by atoms with van der Waals surface area (Å²) in [5, 5.41) is 0. The van der Waals surface area contributed by atoms with Crippen molar-refractivity contribution in [2.24, 2.45) is 0 Å². The first-order valence-corrected chi connectivity index (χ1v) is 2.97. The molecule has 0 aliphatic rings. The van der Waals surface area contributed by atoms with Gasteiger partial charge in [-0.3, -0.25) is 0 Å². The quantitative estimate of drug-likeness (QED) is 0.689. The Morgan fingerprint density at radius 3 is 1.46 bits per heavy atom. The van der Waals surface area contributed by atoms with Gasteiger partial charge in [0.2, 0.25) is 0 Å². The summed E-state index contributed by atoms with van der Waals surface area (Å²) in [6.45, 7) is 2.16. The molecule has 0 fully saturated rings. The summed E-state index contributed by atoms with van der Waals surface area (Å²) in [4.78, 5) is 0. The van der Waals surface area contributed by atoms with Gasteiger partial charge >= 0.3 is 0 Å². The minimum Gasteiger partial charge on any atom is -0.147 e. The molecular formula is C8H14Cl4Ti. The predicted molar refractivity (Wildman–Crippen MR) is 64.8 cm³/mol. The zero-order valence-corrected chi connectivity index (χ0v) is 12.1. The molecule has 0 aliphatic carbocycles. The summed E-state index contributed by atoms with van der Waals surface area (Å²) >= 11 is 0. The zero-order valence-electron chi connectivity index (χ0n) is 7.23. The first kappa shape index (κ1) is 29.2. The van der Waals surface area contributed by atoms with E-state index in [0.29, 0.717) is 0 Å². The van der Waals surface area contributed by atoms with Gasteiger partial charge in [0, 0.05) is 21.7 Å². The molecule has 0 heterocycles. The largest absolute Gasteiger partial charge is 0.147 e. The minimum absolute atomic E-state index is 0. The average Bonchev–Trinajstić information content (AvgIpc) is 1.90. The number of rotatable bonds is 1. The Bertz CT molecular complexity index is 157. The molecule has 0 spiro atoms. The molecule has 0 atom stereocenters. The molecule has 1 aromatic rings. The molecule has 1 aromatic carbocycles. The Hall–Kier alpha value is 1.09. The van der Waals surface area contributed by atoms with Crippen molar-refractivity contribution >= 4 is 49.6 Å². The third-order valence-electron chi connectivity index (χ3n) is 1.25. The molecule has 0 N–H and O–H groups in total. The van der Waals surface area contributed by atoms with E-state index in [2.05, 4.69) is 31.2 Å². The van der Waals surface area contributed by atoms with E-state index >= 15 is 0 Å². The zero-order chi connectivity index (χ0) is 5.82. The van der Waals surface area contributed by atoms with Crippen molar-refractivity contribution in [3.63, 3.8) is 0 Å². The Kier molecular flexibility index (Phi) is 42.2. The average molecular weight is 300 g/mol. The number of hydrogen-bond acceptors (Lipinski definition) is 0. The van der Waals surface area contributed by atoms with Gasteiger partial charge in [-0.15, -0.1) is 49.6 Å². The third-order valence-corrected chi connectivity index (χ3v) is 1.25. The Morgan fingerprint density at radius 1 is 0.846 bits per heavy atom. The van der Waals surface area contributed by atoms with Crippen molar-refractivity contribution in [3.8, 4) is 0 Å². The fourth-order valence-corrected chi connectivity index (χ4v) is 0.714. The Balaban J connectivity index is -0.0000000427. The summed E-state index contributed by atoms with van der Waals surface area (Å²) in [5.74, 6) is 0. The van der Waals surface area contributed by atoms with Crippen LogP contribution in [0.25, 0.3) is 0 Å². The van der Waals surface area contributed by atoms with Crippen LogP contribution in [-0.2, 0) is 28.1 Å². The van der Waals surface area contributed by atoms with Gasteiger partial charge in [0.1, 0.15) is 0 Å². The van der Waals surface area contributed by atoms with Crippen LogP contribution in [0, 0.1) is 0 Å². The molecule has 0 saturated heterocycles. The molecule has 78 valence electrons. The molecule has 0 aromatic heterocycles. The predicted octanol–water partition coefficient (Wildman–Crippen LogP) is 3.93. The van der Waals surface area contributed by atoms with Crippen molar-refractivity contribution in [2.75, 3.05) is 0 Å². The second-order valence-electron chi connectivity index (χ2n) is 1.84. The summed E-state index contributed by atoms with van der Waals surface area (Å²) in [6, 6.07) is 10.5. The van der Waals surface area contributed by atoms with Crippen molar-refractivity contribution in [3.05, 3.63) is 35.9 Å². The normalized spacial score (nSPS) is 5.62. The molecule has 13 heavy (non-hydrogen) atoms. The molecule has 1 rings (SSSR count). The van der Waals surface area contributed by atoms with E-state index < -0.39 is 0 Å². The number of aryl methyl sites for hydroxylation is 1. The molecular weight excluding hydrogens is 286 g/mol. The fraction of sp³-hybridized carbons (Fsp3) is 0.250. The van der Waals surface area contributed by atoms with E-state index in [4.69, 9.17) is 0 Å². The molecule has 0 amide bonds.